The van der Waals surface area contributed by atoms with Crippen molar-refractivity contribution in [1.29, 1.82) is 0 Å². The van der Waals surface area contributed by atoms with Gasteiger partial charge in [0.05, 0.1) is 22.9 Å². The molecular weight excluding hydrogens is 346 g/mol. The van der Waals surface area contributed by atoms with Crippen LogP contribution in [0.4, 0.5) is 5.82 Å². The van der Waals surface area contributed by atoms with Crippen molar-refractivity contribution >= 4 is 22.5 Å². The molecule has 5 nitrogen and oxygen atoms in total. The van der Waals surface area contributed by atoms with Gasteiger partial charge in [0.2, 0.25) is 0 Å². The first-order valence-corrected chi connectivity index (χ1v) is 9.77. The Morgan fingerprint density at radius 3 is 2.50 bits per heavy atom. The van der Waals surface area contributed by atoms with Gasteiger partial charge in [-0.15, -0.1) is 0 Å². The molecule has 0 amide bonds. The van der Waals surface area contributed by atoms with Gasteiger partial charge in [0.1, 0.15) is 0 Å². The zero-order valence-corrected chi connectivity index (χ0v) is 17.0. The van der Waals surface area contributed by atoms with E-state index in [4.69, 9.17) is 9.97 Å². The summed E-state index contributed by atoms with van der Waals surface area (Å²) >= 11 is 0. The molecule has 5 heteroatoms. The van der Waals surface area contributed by atoms with Gasteiger partial charge in [-0.3, -0.25) is 4.40 Å². The smallest absolute Gasteiger partial charge is 0.181 e. The Bertz CT molecular complexity index is 1090. The molecular formula is C23H27N5. The molecule has 144 valence electrons. The van der Waals surface area contributed by atoms with E-state index in [1.807, 2.05) is 12.3 Å². The Hall–Kier alpha value is -2.92. The molecule has 0 aliphatic carbocycles. The average molecular weight is 374 g/mol. The van der Waals surface area contributed by atoms with Gasteiger partial charge in [-0.1, -0.05) is 50.2 Å². The Morgan fingerprint density at radius 2 is 1.79 bits per heavy atom. The van der Waals surface area contributed by atoms with Gasteiger partial charge in [-0.05, 0) is 37.7 Å². The van der Waals surface area contributed by atoms with Gasteiger partial charge in [0, 0.05) is 18.7 Å². The molecule has 2 heterocycles. The zero-order valence-electron chi connectivity index (χ0n) is 17.0. The lowest BCUT2D eigenvalue weighted by Crippen LogP contribution is -2.11. The normalized spacial score (nSPS) is 11.8. The molecule has 28 heavy (non-hydrogen) atoms. The fraction of sp³-hybridized carbons (Fsp3) is 0.304. The van der Waals surface area contributed by atoms with E-state index in [1.54, 1.807) is 0 Å². The average Bonchev–Trinajstić information content (AvgIpc) is 3.12. The third-order valence-electron chi connectivity index (χ3n) is 4.75. The van der Waals surface area contributed by atoms with Gasteiger partial charge in [0.15, 0.2) is 11.5 Å². The Kier molecular flexibility index (Phi) is 5.01. The number of nitrogens with one attached hydrogen (secondary N) is 1. The lowest BCUT2D eigenvalue weighted by atomic mass is 10.1. The summed E-state index contributed by atoms with van der Waals surface area (Å²) in [5, 5.41) is 3.47. The van der Waals surface area contributed by atoms with Crippen LogP contribution in [-0.2, 0) is 6.54 Å². The van der Waals surface area contributed by atoms with Crippen molar-refractivity contribution in [2.24, 2.45) is 5.92 Å². The summed E-state index contributed by atoms with van der Waals surface area (Å²) in [4.78, 5) is 11.7. The summed E-state index contributed by atoms with van der Waals surface area (Å²) in [5.41, 5.74) is 6.43. The van der Waals surface area contributed by atoms with E-state index in [0.717, 1.165) is 46.8 Å². The minimum absolute atomic E-state index is 0.534. The molecule has 0 spiro atoms. The van der Waals surface area contributed by atoms with Crippen LogP contribution in [-0.4, -0.2) is 39.9 Å². The van der Waals surface area contributed by atoms with E-state index < -0.39 is 0 Å². The van der Waals surface area contributed by atoms with Gasteiger partial charge < -0.3 is 10.2 Å². The number of aromatic nitrogens is 3. The van der Waals surface area contributed by atoms with Crippen LogP contribution in [0.25, 0.3) is 27.9 Å². The largest absolute Gasteiger partial charge is 0.367 e. The molecule has 0 saturated carbocycles. The second-order valence-corrected chi connectivity index (χ2v) is 7.96. The Balaban J connectivity index is 1.85. The summed E-state index contributed by atoms with van der Waals surface area (Å²) < 4.78 is 2.21. The topological polar surface area (TPSA) is 45.5 Å². The third-order valence-corrected chi connectivity index (χ3v) is 4.75. The fourth-order valence-corrected chi connectivity index (χ4v) is 3.45. The van der Waals surface area contributed by atoms with Crippen LogP contribution in [0.2, 0.25) is 0 Å². The predicted molar refractivity (Wildman–Crippen MR) is 117 cm³/mol. The first-order chi connectivity index (χ1) is 13.5. The lowest BCUT2D eigenvalue weighted by molar-refractivity contribution is 0.402. The molecule has 2 aromatic heterocycles. The highest BCUT2D eigenvalue weighted by Crippen LogP contribution is 2.28. The molecule has 4 rings (SSSR count). The summed E-state index contributed by atoms with van der Waals surface area (Å²) in [6.45, 7) is 6.18. The van der Waals surface area contributed by atoms with E-state index in [1.165, 1.54) is 5.56 Å². The standard InChI is InChI=1S/C23H27N5/c1-16(2)13-24-22-23-25-14-21(18-11-9-17(10-12-18)15-27(3)4)28(23)20-8-6-5-7-19(20)26-22/h5-12,14,16H,13,15H2,1-4H3,(H,24,26). The van der Waals surface area contributed by atoms with E-state index in [0.29, 0.717) is 5.92 Å². The second kappa shape index (κ2) is 7.60. The van der Waals surface area contributed by atoms with Gasteiger partial charge in [-0.2, -0.15) is 0 Å². The van der Waals surface area contributed by atoms with E-state index in [-0.39, 0.29) is 0 Å². The molecule has 0 unspecified atom stereocenters. The highest BCUT2D eigenvalue weighted by Gasteiger charge is 2.14. The summed E-state index contributed by atoms with van der Waals surface area (Å²) in [6.07, 6.45) is 1.95. The van der Waals surface area contributed by atoms with E-state index >= 15 is 0 Å². The zero-order chi connectivity index (χ0) is 19.7. The minimum Gasteiger partial charge on any atom is -0.367 e. The summed E-state index contributed by atoms with van der Waals surface area (Å²) in [6, 6.07) is 17.0. The number of para-hydroxylation sites is 2. The van der Waals surface area contributed by atoms with E-state index in [2.05, 4.69) is 85.0 Å². The van der Waals surface area contributed by atoms with Crippen LogP contribution in [0.5, 0.6) is 0 Å². The number of hydrogen-bond donors (Lipinski definition) is 1. The molecule has 0 saturated heterocycles. The number of nitrogens with zero attached hydrogens (tertiary/aromatic N) is 4. The van der Waals surface area contributed by atoms with Crippen molar-refractivity contribution in [3.63, 3.8) is 0 Å². The van der Waals surface area contributed by atoms with Crippen LogP contribution in [0.1, 0.15) is 19.4 Å². The van der Waals surface area contributed by atoms with Crippen LogP contribution >= 0.6 is 0 Å². The van der Waals surface area contributed by atoms with Crippen LogP contribution < -0.4 is 5.32 Å². The molecule has 0 fully saturated rings. The number of imidazole rings is 1. The number of benzene rings is 2. The maximum Gasteiger partial charge on any atom is 0.181 e. The van der Waals surface area contributed by atoms with Crippen LogP contribution in [0.15, 0.2) is 54.7 Å². The first-order valence-electron chi connectivity index (χ1n) is 9.77. The Labute approximate surface area is 166 Å². The highest BCUT2D eigenvalue weighted by atomic mass is 15.1. The molecule has 0 atom stereocenters. The van der Waals surface area contributed by atoms with Crippen molar-refractivity contribution in [1.82, 2.24) is 19.3 Å². The number of rotatable bonds is 6. The third kappa shape index (κ3) is 3.58. The fourth-order valence-electron chi connectivity index (χ4n) is 3.45. The SMILES string of the molecule is CC(C)CNc1nc2ccccc2n2c(-c3ccc(CN(C)C)cc3)cnc12. The molecule has 0 aliphatic heterocycles. The van der Waals surface area contributed by atoms with Crippen molar-refractivity contribution in [3.05, 3.63) is 60.3 Å². The predicted octanol–water partition coefficient (Wildman–Crippen LogP) is 4.68. The van der Waals surface area contributed by atoms with E-state index in [9.17, 15) is 0 Å². The summed E-state index contributed by atoms with van der Waals surface area (Å²) in [5.74, 6) is 1.37. The second-order valence-electron chi connectivity index (χ2n) is 7.96. The number of anilines is 1. The maximum atomic E-state index is 4.83. The monoisotopic (exact) mass is 373 g/mol. The molecule has 0 bridgehead atoms. The number of hydrogen-bond acceptors (Lipinski definition) is 4. The Morgan fingerprint density at radius 1 is 1.04 bits per heavy atom. The minimum atomic E-state index is 0.534. The van der Waals surface area contributed by atoms with Crippen LogP contribution in [0.3, 0.4) is 0 Å². The van der Waals surface area contributed by atoms with Crippen molar-refractivity contribution < 1.29 is 0 Å². The molecule has 0 radical (unpaired) electrons. The van der Waals surface area contributed by atoms with Crippen LogP contribution in [0, 0.1) is 5.92 Å². The molecule has 0 aliphatic rings. The lowest BCUT2D eigenvalue weighted by Gasteiger charge is -2.13. The molecule has 1 N–H and O–H groups in total. The van der Waals surface area contributed by atoms with Crippen molar-refractivity contribution in [2.45, 2.75) is 20.4 Å². The van der Waals surface area contributed by atoms with Gasteiger partial charge >= 0.3 is 0 Å². The number of fused-ring (bicyclic) bond motifs is 3. The quantitative estimate of drug-likeness (QED) is 0.533. The van der Waals surface area contributed by atoms with Crippen molar-refractivity contribution in [3.8, 4) is 11.3 Å². The maximum absolute atomic E-state index is 4.83. The van der Waals surface area contributed by atoms with Gasteiger partial charge in [-0.25, -0.2) is 9.97 Å². The molecule has 2 aromatic carbocycles. The van der Waals surface area contributed by atoms with Crippen molar-refractivity contribution in [2.75, 3.05) is 26.0 Å². The summed E-state index contributed by atoms with van der Waals surface area (Å²) in [7, 11) is 4.17. The highest BCUT2D eigenvalue weighted by molar-refractivity contribution is 5.86. The first kappa shape index (κ1) is 18.4. The molecule has 4 aromatic rings. The van der Waals surface area contributed by atoms with Gasteiger partial charge in [0.25, 0.3) is 0 Å².